The summed E-state index contributed by atoms with van der Waals surface area (Å²) >= 11 is 1.46. The van der Waals surface area contributed by atoms with Crippen LogP contribution in [-0.4, -0.2) is 47.3 Å². The maximum atomic E-state index is 13.7. The van der Waals surface area contributed by atoms with Crippen molar-refractivity contribution in [2.45, 2.75) is 65.5 Å². The van der Waals surface area contributed by atoms with E-state index in [2.05, 4.69) is 63.8 Å². The number of hydrogen-bond acceptors (Lipinski definition) is 5. The smallest absolute Gasteiger partial charge is 0.266 e. The van der Waals surface area contributed by atoms with E-state index in [0.29, 0.717) is 11.4 Å². The summed E-state index contributed by atoms with van der Waals surface area (Å²) in [6.07, 6.45) is 7.59. The fourth-order valence-corrected chi connectivity index (χ4v) is 6.53. The number of carbonyl (C=O) groups excluding carboxylic acids is 1. The van der Waals surface area contributed by atoms with Crippen LogP contribution in [0.4, 0.5) is 11.4 Å². The van der Waals surface area contributed by atoms with Crippen LogP contribution in [0.3, 0.4) is 0 Å². The zero-order valence-corrected chi connectivity index (χ0v) is 23.4. The zero-order chi connectivity index (χ0) is 26.2. The van der Waals surface area contributed by atoms with Gasteiger partial charge in [-0.25, -0.2) is 4.99 Å². The van der Waals surface area contributed by atoms with Gasteiger partial charge in [-0.05, 0) is 106 Å². The minimum atomic E-state index is -0.0254. The third-order valence-corrected chi connectivity index (χ3v) is 8.39. The molecule has 2 fully saturated rings. The van der Waals surface area contributed by atoms with Crippen LogP contribution in [0.25, 0.3) is 11.6 Å². The van der Waals surface area contributed by atoms with Gasteiger partial charge in [0.15, 0.2) is 5.17 Å². The average molecular weight is 516 g/mol. The maximum absolute atomic E-state index is 13.7. The standard InChI is InChI=1S/C31H37N3O2S/c1-6-14-34-27-16-21(2)23(17-26(27)22(3)19-31(34,4)5)18-28-29(35)33(20-25-13-10-15-36-25)30(37-28)32-24-11-8-7-9-12-24/h7-9,11-12,16-19,25H,6,10,13-15,20H2,1-5H3/b28-18+,32-30?. The van der Waals surface area contributed by atoms with Crippen molar-refractivity contribution in [2.24, 2.45) is 4.99 Å². The lowest BCUT2D eigenvalue weighted by Crippen LogP contribution is -2.45. The number of carbonyl (C=O) groups is 1. The van der Waals surface area contributed by atoms with Crippen LogP contribution in [0.1, 0.15) is 63.6 Å². The van der Waals surface area contributed by atoms with E-state index < -0.39 is 0 Å². The van der Waals surface area contributed by atoms with Crippen LogP contribution in [0, 0.1) is 6.92 Å². The second-order valence-corrected chi connectivity index (χ2v) is 11.8. The van der Waals surface area contributed by atoms with Crippen LogP contribution >= 0.6 is 11.8 Å². The summed E-state index contributed by atoms with van der Waals surface area (Å²) in [5.74, 6) is 0.00769. The Morgan fingerprint density at radius 3 is 2.68 bits per heavy atom. The molecule has 5 nitrogen and oxygen atoms in total. The number of aryl methyl sites for hydroxylation is 1. The van der Waals surface area contributed by atoms with E-state index in [0.717, 1.165) is 48.8 Å². The van der Waals surface area contributed by atoms with E-state index in [9.17, 15) is 4.79 Å². The first-order valence-corrected chi connectivity index (χ1v) is 14.2. The molecule has 1 unspecified atom stereocenters. The van der Waals surface area contributed by atoms with Gasteiger partial charge in [0.2, 0.25) is 0 Å². The maximum Gasteiger partial charge on any atom is 0.266 e. The van der Waals surface area contributed by atoms with Gasteiger partial charge in [0.1, 0.15) is 0 Å². The average Bonchev–Trinajstić information content (AvgIpc) is 3.47. The van der Waals surface area contributed by atoms with Crippen molar-refractivity contribution in [2.75, 3.05) is 24.6 Å². The van der Waals surface area contributed by atoms with Crippen molar-refractivity contribution in [3.05, 3.63) is 70.1 Å². The molecular weight excluding hydrogens is 478 g/mol. The molecular formula is C31H37N3O2S. The predicted molar refractivity (Wildman–Crippen MR) is 156 cm³/mol. The van der Waals surface area contributed by atoms with Crippen LogP contribution in [0.2, 0.25) is 0 Å². The van der Waals surface area contributed by atoms with Gasteiger partial charge in [-0.15, -0.1) is 0 Å². The number of thioether (sulfide) groups is 1. The van der Waals surface area contributed by atoms with Gasteiger partial charge in [0, 0.05) is 24.4 Å². The highest BCUT2D eigenvalue weighted by Crippen LogP contribution is 2.42. The number of amides is 1. The highest BCUT2D eigenvalue weighted by atomic mass is 32.2. The van der Waals surface area contributed by atoms with Crippen molar-refractivity contribution in [3.8, 4) is 0 Å². The second-order valence-electron chi connectivity index (χ2n) is 10.7. The topological polar surface area (TPSA) is 45.1 Å². The summed E-state index contributed by atoms with van der Waals surface area (Å²) in [7, 11) is 0. The summed E-state index contributed by atoms with van der Waals surface area (Å²) in [5, 5.41) is 0.723. The lowest BCUT2D eigenvalue weighted by atomic mass is 9.86. The number of rotatable bonds is 6. The normalized spacial score (nSPS) is 23.2. The molecule has 194 valence electrons. The minimum Gasteiger partial charge on any atom is -0.376 e. The lowest BCUT2D eigenvalue weighted by Gasteiger charge is -2.43. The monoisotopic (exact) mass is 515 g/mol. The number of hydrogen-bond donors (Lipinski definition) is 0. The van der Waals surface area contributed by atoms with E-state index in [-0.39, 0.29) is 17.6 Å². The number of benzene rings is 2. The molecule has 3 aliphatic heterocycles. The van der Waals surface area contributed by atoms with Gasteiger partial charge in [-0.2, -0.15) is 0 Å². The van der Waals surface area contributed by atoms with E-state index in [1.165, 1.54) is 34.1 Å². The summed E-state index contributed by atoms with van der Waals surface area (Å²) in [6.45, 7) is 13.4. The van der Waals surface area contributed by atoms with Gasteiger partial charge in [0.25, 0.3) is 5.91 Å². The Balaban J connectivity index is 1.51. The third kappa shape index (κ3) is 5.27. The Labute approximate surface area is 225 Å². The molecule has 3 aliphatic rings. The Kier molecular flexibility index (Phi) is 7.32. The van der Waals surface area contributed by atoms with Crippen LogP contribution in [-0.2, 0) is 9.53 Å². The number of para-hydroxylation sites is 1. The van der Waals surface area contributed by atoms with Gasteiger partial charge < -0.3 is 9.64 Å². The van der Waals surface area contributed by atoms with Crippen molar-refractivity contribution >= 4 is 45.9 Å². The van der Waals surface area contributed by atoms with Gasteiger partial charge >= 0.3 is 0 Å². The molecule has 3 heterocycles. The van der Waals surface area contributed by atoms with E-state index in [1.807, 2.05) is 35.2 Å². The molecule has 2 saturated heterocycles. The molecule has 0 spiro atoms. The van der Waals surface area contributed by atoms with E-state index in [4.69, 9.17) is 9.73 Å². The van der Waals surface area contributed by atoms with E-state index >= 15 is 0 Å². The number of amidine groups is 1. The summed E-state index contributed by atoms with van der Waals surface area (Å²) in [4.78, 5) is 23.5. The fraction of sp³-hybridized carbons (Fsp3) is 0.419. The number of ether oxygens (including phenoxy) is 1. The van der Waals surface area contributed by atoms with Crippen LogP contribution < -0.4 is 4.90 Å². The molecule has 0 bridgehead atoms. The molecule has 0 aromatic heterocycles. The number of anilines is 1. The number of fused-ring (bicyclic) bond motifs is 1. The first-order valence-electron chi connectivity index (χ1n) is 13.4. The van der Waals surface area contributed by atoms with Crippen molar-refractivity contribution < 1.29 is 9.53 Å². The first kappa shape index (κ1) is 25.8. The molecule has 1 atom stereocenters. The van der Waals surface area contributed by atoms with Crippen LogP contribution in [0.5, 0.6) is 0 Å². The molecule has 0 radical (unpaired) electrons. The van der Waals surface area contributed by atoms with Crippen molar-refractivity contribution in [3.63, 3.8) is 0 Å². The highest BCUT2D eigenvalue weighted by molar-refractivity contribution is 8.18. The molecule has 0 aliphatic carbocycles. The summed E-state index contributed by atoms with van der Waals surface area (Å²) < 4.78 is 5.87. The van der Waals surface area contributed by atoms with Crippen molar-refractivity contribution in [1.82, 2.24) is 4.90 Å². The molecule has 6 heteroatoms. The molecule has 0 N–H and O–H groups in total. The quantitative estimate of drug-likeness (QED) is 0.382. The molecule has 0 saturated carbocycles. The SMILES string of the molecule is CCCN1c2cc(C)c(/C=C3/SC(=Nc4ccccc4)N(CC4CCCO4)C3=O)cc2C(C)=CC1(C)C. The minimum absolute atomic E-state index is 0.00769. The van der Waals surface area contributed by atoms with Gasteiger partial charge in [-0.1, -0.05) is 31.2 Å². The largest absolute Gasteiger partial charge is 0.376 e. The Hall–Kier alpha value is -2.83. The summed E-state index contributed by atoms with van der Waals surface area (Å²) in [6, 6.07) is 14.4. The Morgan fingerprint density at radius 1 is 1.19 bits per heavy atom. The highest BCUT2D eigenvalue weighted by Gasteiger charge is 2.36. The van der Waals surface area contributed by atoms with Gasteiger partial charge in [0.05, 0.1) is 28.8 Å². The lowest BCUT2D eigenvalue weighted by molar-refractivity contribution is -0.123. The Morgan fingerprint density at radius 2 is 1.97 bits per heavy atom. The fourth-order valence-electron chi connectivity index (χ4n) is 5.53. The number of aliphatic imine (C=N–C) groups is 1. The zero-order valence-electron chi connectivity index (χ0n) is 22.6. The van der Waals surface area contributed by atoms with Crippen molar-refractivity contribution in [1.29, 1.82) is 0 Å². The summed E-state index contributed by atoms with van der Waals surface area (Å²) in [5.41, 5.74) is 6.88. The van der Waals surface area contributed by atoms with Crippen LogP contribution in [0.15, 0.2) is 58.4 Å². The number of nitrogens with zero attached hydrogens (tertiary/aromatic N) is 3. The molecule has 2 aromatic rings. The predicted octanol–water partition coefficient (Wildman–Crippen LogP) is 7.19. The molecule has 5 rings (SSSR count). The first-order chi connectivity index (χ1) is 17.8. The molecule has 37 heavy (non-hydrogen) atoms. The second kappa shape index (κ2) is 10.5. The molecule has 2 aromatic carbocycles. The Bertz CT molecular complexity index is 1270. The molecule has 1 amide bonds. The number of allylic oxidation sites excluding steroid dienone is 1. The third-order valence-electron chi connectivity index (χ3n) is 7.38. The van der Waals surface area contributed by atoms with E-state index in [1.54, 1.807) is 0 Å². The van der Waals surface area contributed by atoms with Gasteiger partial charge in [-0.3, -0.25) is 9.69 Å².